The summed E-state index contributed by atoms with van der Waals surface area (Å²) in [6, 6.07) is 10.2. The summed E-state index contributed by atoms with van der Waals surface area (Å²) in [5.74, 6) is 0.0277. The van der Waals surface area contributed by atoms with Crippen LogP contribution < -0.4 is 10.6 Å². The number of rotatable bonds is 3. The number of para-hydroxylation sites is 1. The Morgan fingerprint density at radius 3 is 2.65 bits per heavy atom. The third kappa shape index (κ3) is 3.87. The van der Waals surface area contributed by atoms with Gasteiger partial charge in [0.1, 0.15) is 0 Å². The average Bonchev–Trinajstić information content (AvgIpc) is 2.46. The minimum atomic E-state index is -0.419. The molecule has 0 spiro atoms. The first-order valence-electron chi connectivity index (χ1n) is 6.92. The Kier molecular flexibility index (Phi) is 6.30. The van der Waals surface area contributed by atoms with Crippen LogP contribution in [0.15, 0.2) is 30.3 Å². The van der Waals surface area contributed by atoms with Gasteiger partial charge in [-0.15, -0.1) is 12.4 Å². The molecular formula is C15H24ClN3O. The quantitative estimate of drug-likeness (QED) is 0.927. The molecule has 112 valence electrons. The smallest absolute Gasteiger partial charge is 0.239 e. The molecule has 2 atom stereocenters. The number of carbonyl (C=O) groups is 1. The molecule has 2 N–H and O–H groups in total. The van der Waals surface area contributed by atoms with Crippen molar-refractivity contribution in [1.82, 2.24) is 4.90 Å². The van der Waals surface area contributed by atoms with Gasteiger partial charge in [-0.1, -0.05) is 18.2 Å². The van der Waals surface area contributed by atoms with Crippen molar-refractivity contribution in [2.75, 3.05) is 25.0 Å². The summed E-state index contributed by atoms with van der Waals surface area (Å²) in [4.78, 5) is 16.1. The fourth-order valence-electron chi connectivity index (χ4n) is 2.65. The van der Waals surface area contributed by atoms with E-state index in [0.29, 0.717) is 0 Å². The molecule has 2 unspecified atom stereocenters. The fraction of sp³-hybridized carbons (Fsp3) is 0.533. The monoisotopic (exact) mass is 297 g/mol. The van der Waals surface area contributed by atoms with Gasteiger partial charge in [0.2, 0.25) is 5.91 Å². The number of halogens is 1. The fourth-order valence-corrected chi connectivity index (χ4v) is 2.65. The number of hydrogen-bond donors (Lipinski definition) is 1. The van der Waals surface area contributed by atoms with Crippen molar-refractivity contribution < 1.29 is 4.79 Å². The van der Waals surface area contributed by atoms with Gasteiger partial charge >= 0.3 is 0 Å². The van der Waals surface area contributed by atoms with Gasteiger partial charge in [0.25, 0.3) is 0 Å². The molecule has 1 aromatic carbocycles. The minimum absolute atomic E-state index is 0. The molecule has 1 aliphatic rings. The SMILES string of the molecule is CC(N)C(=O)N(C)C1CCCN(c2ccccc2)C1.Cl. The highest BCUT2D eigenvalue weighted by Gasteiger charge is 2.27. The van der Waals surface area contributed by atoms with Crippen LogP contribution in [0.5, 0.6) is 0 Å². The van der Waals surface area contributed by atoms with Crippen molar-refractivity contribution in [1.29, 1.82) is 0 Å². The predicted octanol–water partition coefficient (Wildman–Crippen LogP) is 1.88. The van der Waals surface area contributed by atoms with Crippen LogP contribution in [0.1, 0.15) is 19.8 Å². The zero-order valence-electron chi connectivity index (χ0n) is 12.2. The molecule has 1 aromatic rings. The summed E-state index contributed by atoms with van der Waals surface area (Å²) in [5, 5.41) is 0. The van der Waals surface area contributed by atoms with E-state index in [4.69, 9.17) is 5.73 Å². The highest BCUT2D eigenvalue weighted by molar-refractivity contribution is 5.85. The van der Waals surface area contributed by atoms with Crippen LogP contribution in [0.3, 0.4) is 0 Å². The molecule has 0 saturated carbocycles. The summed E-state index contributed by atoms with van der Waals surface area (Å²) in [6.07, 6.45) is 2.16. The van der Waals surface area contributed by atoms with Crippen LogP contribution in [0.25, 0.3) is 0 Å². The third-order valence-electron chi connectivity index (χ3n) is 3.80. The van der Waals surface area contributed by atoms with E-state index in [1.165, 1.54) is 5.69 Å². The maximum Gasteiger partial charge on any atom is 0.239 e. The van der Waals surface area contributed by atoms with Crippen molar-refractivity contribution in [2.45, 2.75) is 31.8 Å². The topological polar surface area (TPSA) is 49.6 Å². The van der Waals surface area contributed by atoms with Crippen LogP contribution in [-0.4, -0.2) is 43.0 Å². The molecule has 0 aliphatic carbocycles. The van der Waals surface area contributed by atoms with Gasteiger partial charge in [-0.2, -0.15) is 0 Å². The molecule has 0 bridgehead atoms. The number of benzene rings is 1. The molecular weight excluding hydrogens is 274 g/mol. The first kappa shape index (κ1) is 16.8. The summed E-state index contributed by atoms with van der Waals surface area (Å²) < 4.78 is 0. The van der Waals surface area contributed by atoms with Crippen LogP contribution >= 0.6 is 12.4 Å². The number of likely N-dealkylation sites (N-methyl/N-ethyl adjacent to an activating group) is 1. The predicted molar refractivity (Wildman–Crippen MR) is 85.3 cm³/mol. The Bertz CT molecular complexity index is 424. The van der Waals surface area contributed by atoms with Crippen molar-refractivity contribution in [2.24, 2.45) is 5.73 Å². The largest absolute Gasteiger partial charge is 0.369 e. The molecule has 1 saturated heterocycles. The van der Waals surface area contributed by atoms with E-state index in [1.54, 1.807) is 6.92 Å². The van der Waals surface area contributed by atoms with Crippen molar-refractivity contribution >= 4 is 24.0 Å². The second-order valence-electron chi connectivity index (χ2n) is 5.32. The summed E-state index contributed by atoms with van der Waals surface area (Å²) in [7, 11) is 1.87. The molecule has 2 rings (SSSR count). The molecule has 5 heteroatoms. The van der Waals surface area contributed by atoms with E-state index in [1.807, 2.05) is 18.0 Å². The normalized spacial score (nSPS) is 19.9. The Labute approximate surface area is 127 Å². The Hall–Kier alpha value is -1.26. The van der Waals surface area contributed by atoms with Crippen molar-refractivity contribution in [3.63, 3.8) is 0 Å². The van der Waals surface area contributed by atoms with Gasteiger partial charge in [-0.05, 0) is 31.9 Å². The standard InChI is InChI=1S/C15H23N3O.ClH/c1-12(16)15(19)17(2)14-9-6-10-18(11-14)13-7-4-3-5-8-13;/h3-5,7-8,12,14H,6,9-11,16H2,1-2H3;1H. The van der Waals surface area contributed by atoms with Crippen molar-refractivity contribution in [3.05, 3.63) is 30.3 Å². The first-order chi connectivity index (χ1) is 9.09. The number of hydrogen-bond acceptors (Lipinski definition) is 3. The Balaban J connectivity index is 0.00000200. The lowest BCUT2D eigenvalue weighted by Crippen LogP contribution is -2.52. The number of amides is 1. The van der Waals surface area contributed by atoms with E-state index >= 15 is 0 Å². The van der Waals surface area contributed by atoms with Crippen LogP contribution in [0.2, 0.25) is 0 Å². The Morgan fingerprint density at radius 2 is 2.05 bits per heavy atom. The van der Waals surface area contributed by atoms with Crippen LogP contribution in [0, 0.1) is 0 Å². The minimum Gasteiger partial charge on any atom is -0.369 e. The second-order valence-corrected chi connectivity index (χ2v) is 5.32. The summed E-state index contributed by atoms with van der Waals surface area (Å²) in [5.41, 5.74) is 6.91. The lowest BCUT2D eigenvalue weighted by molar-refractivity contribution is -0.133. The zero-order chi connectivity index (χ0) is 13.8. The lowest BCUT2D eigenvalue weighted by Gasteiger charge is -2.39. The van der Waals surface area contributed by atoms with Gasteiger partial charge in [0.15, 0.2) is 0 Å². The first-order valence-corrected chi connectivity index (χ1v) is 6.92. The molecule has 4 nitrogen and oxygen atoms in total. The number of piperidine rings is 1. The molecule has 0 aromatic heterocycles. The number of anilines is 1. The lowest BCUT2D eigenvalue weighted by atomic mass is 10.0. The molecule has 1 fully saturated rings. The van der Waals surface area contributed by atoms with Gasteiger partial charge in [0, 0.05) is 31.9 Å². The average molecular weight is 298 g/mol. The van der Waals surface area contributed by atoms with E-state index in [2.05, 4.69) is 29.2 Å². The van der Waals surface area contributed by atoms with Crippen LogP contribution in [-0.2, 0) is 4.79 Å². The van der Waals surface area contributed by atoms with Crippen molar-refractivity contribution in [3.8, 4) is 0 Å². The van der Waals surface area contributed by atoms with E-state index in [-0.39, 0.29) is 24.4 Å². The Morgan fingerprint density at radius 1 is 1.40 bits per heavy atom. The number of nitrogens with two attached hydrogens (primary N) is 1. The van der Waals surface area contributed by atoms with Gasteiger partial charge in [0.05, 0.1) is 6.04 Å². The maximum atomic E-state index is 12.0. The number of carbonyl (C=O) groups excluding carboxylic acids is 1. The highest BCUT2D eigenvalue weighted by atomic mass is 35.5. The second kappa shape index (κ2) is 7.50. The summed E-state index contributed by atoms with van der Waals surface area (Å²) >= 11 is 0. The van der Waals surface area contributed by atoms with E-state index in [9.17, 15) is 4.79 Å². The third-order valence-corrected chi connectivity index (χ3v) is 3.80. The molecule has 1 aliphatic heterocycles. The number of nitrogens with zero attached hydrogens (tertiary/aromatic N) is 2. The molecule has 0 radical (unpaired) electrons. The van der Waals surface area contributed by atoms with E-state index < -0.39 is 6.04 Å². The highest BCUT2D eigenvalue weighted by Crippen LogP contribution is 2.21. The zero-order valence-corrected chi connectivity index (χ0v) is 13.0. The molecule has 20 heavy (non-hydrogen) atoms. The molecule has 1 amide bonds. The summed E-state index contributed by atoms with van der Waals surface area (Å²) in [6.45, 7) is 3.69. The molecule has 1 heterocycles. The maximum absolute atomic E-state index is 12.0. The van der Waals surface area contributed by atoms with E-state index in [0.717, 1.165) is 25.9 Å². The van der Waals surface area contributed by atoms with Gasteiger partial charge in [-0.3, -0.25) is 4.79 Å². The van der Waals surface area contributed by atoms with Crippen LogP contribution in [0.4, 0.5) is 5.69 Å². The van der Waals surface area contributed by atoms with Gasteiger partial charge in [-0.25, -0.2) is 0 Å². The van der Waals surface area contributed by atoms with Gasteiger partial charge < -0.3 is 15.5 Å².